The molecule has 34 heavy (non-hydrogen) atoms. The van der Waals surface area contributed by atoms with Crippen LogP contribution in [0.5, 0.6) is 17.2 Å². The third kappa shape index (κ3) is 4.54. The Morgan fingerprint density at radius 3 is 2.65 bits per heavy atom. The number of pyridine rings is 1. The van der Waals surface area contributed by atoms with Crippen LogP contribution < -0.4 is 19.8 Å². The largest absolute Gasteiger partial charge is 0.493 e. The second-order valence-corrected chi connectivity index (χ2v) is 8.54. The van der Waals surface area contributed by atoms with E-state index in [9.17, 15) is 4.79 Å². The summed E-state index contributed by atoms with van der Waals surface area (Å²) in [6.45, 7) is 5.04. The van der Waals surface area contributed by atoms with E-state index in [2.05, 4.69) is 0 Å². The molecule has 0 saturated carbocycles. The van der Waals surface area contributed by atoms with Crippen molar-refractivity contribution >= 4 is 0 Å². The zero-order valence-electron chi connectivity index (χ0n) is 19.5. The summed E-state index contributed by atoms with van der Waals surface area (Å²) < 4.78 is 30.7. The fourth-order valence-electron chi connectivity index (χ4n) is 4.53. The minimum atomic E-state index is -0.136. The number of benzene rings is 2. The lowest BCUT2D eigenvalue weighted by Gasteiger charge is -2.27. The van der Waals surface area contributed by atoms with E-state index in [4.69, 9.17) is 23.7 Å². The van der Waals surface area contributed by atoms with Crippen LogP contribution in [0.4, 0.5) is 0 Å². The van der Waals surface area contributed by atoms with Crippen molar-refractivity contribution in [3.8, 4) is 28.5 Å². The van der Waals surface area contributed by atoms with Crippen molar-refractivity contribution in [2.24, 2.45) is 0 Å². The van der Waals surface area contributed by atoms with Crippen molar-refractivity contribution in [2.45, 2.75) is 32.6 Å². The Morgan fingerprint density at radius 2 is 1.88 bits per heavy atom. The molecule has 1 unspecified atom stereocenters. The predicted molar refractivity (Wildman–Crippen MR) is 128 cm³/mol. The molecular weight excluding hydrogens is 434 g/mol. The summed E-state index contributed by atoms with van der Waals surface area (Å²) in [7, 11) is 1.63. The van der Waals surface area contributed by atoms with Gasteiger partial charge >= 0.3 is 0 Å². The van der Waals surface area contributed by atoms with Gasteiger partial charge in [-0.15, -0.1) is 0 Å². The zero-order valence-corrected chi connectivity index (χ0v) is 19.5. The maximum Gasteiger partial charge on any atom is 0.254 e. The van der Waals surface area contributed by atoms with Crippen LogP contribution in [0.1, 0.15) is 16.7 Å². The van der Waals surface area contributed by atoms with Crippen LogP contribution in [0.15, 0.2) is 53.3 Å². The number of hydrogen-bond donors (Lipinski definition) is 0. The number of methoxy groups -OCH3 is 1. The van der Waals surface area contributed by atoms with Gasteiger partial charge in [0.2, 0.25) is 0 Å². The molecule has 0 bridgehead atoms. The summed E-state index contributed by atoms with van der Waals surface area (Å²) >= 11 is 0. The molecule has 7 nitrogen and oxygen atoms in total. The molecule has 178 valence electrons. The first-order valence-corrected chi connectivity index (χ1v) is 11.6. The number of nitrogens with zero attached hydrogens (tertiary/aromatic N) is 1. The van der Waals surface area contributed by atoms with Gasteiger partial charge in [0.05, 0.1) is 32.6 Å². The highest BCUT2D eigenvalue weighted by Crippen LogP contribution is 2.41. The van der Waals surface area contributed by atoms with Crippen molar-refractivity contribution in [2.75, 3.05) is 33.5 Å². The van der Waals surface area contributed by atoms with Gasteiger partial charge < -0.3 is 28.3 Å². The molecule has 1 saturated heterocycles. The van der Waals surface area contributed by atoms with E-state index >= 15 is 0 Å². The van der Waals surface area contributed by atoms with Crippen LogP contribution in [0, 0.1) is 6.92 Å². The minimum absolute atomic E-state index is 0.0783. The number of hydrogen-bond acceptors (Lipinski definition) is 6. The maximum absolute atomic E-state index is 12.9. The Morgan fingerprint density at radius 1 is 1.03 bits per heavy atom. The lowest BCUT2D eigenvalue weighted by atomic mass is 9.93. The number of fused-ring (bicyclic) bond motifs is 3. The van der Waals surface area contributed by atoms with Gasteiger partial charge in [-0.1, -0.05) is 30.3 Å². The van der Waals surface area contributed by atoms with Crippen LogP contribution in [0.25, 0.3) is 11.3 Å². The minimum Gasteiger partial charge on any atom is -0.493 e. The molecule has 0 spiro atoms. The fourth-order valence-corrected chi connectivity index (χ4v) is 4.53. The van der Waals surface area contributed by atoms with Gasteiger partial charge in [-0.25, -0.2) is 0 Å². The monoisotopic (exact) mass is 463 g/mol. The molecule has 0 amide bonds. The highest BCUT2D eigenvalue weighted by molar-refractivity contribution is 5.74. The average Bonchev–Trinajstić information content (AvgIpc) is 2.88. The third-order valence-corrected chi connectivity index (χ3v) is 6.31. The maximum atomic E-state index is 12.9. The molecule has 7 heteroatoms. The Bertz CT molecular complexity index is 1210. The lowest BCUT2D eigenvalue weighted by molar-refractivity contribution is -0.101. The smallest absolute Gasteiger partial charge is 0.254 e. The van der Waals surface area contributed by atoms with E-state index in [-0.39, 0.29) is 11.7 Å². The first-order chi connectivity index (χ1) is 16.6. The third-order valence-electron chi connectivity index (χ3n) is 6.31. The first-order valence-electron chi connectivity index (χ1n) is 11.6. The number of aromatic nitrogens is 1. The second kappa shape index (κ2) is 9.91. The molecule has 3 heterocycles. The molecule has 3 aromatic rings. The average molecular weight is 464 g/mol. The number of aryl methyl sites for hydroxylation is 1. The van der Waals surface area contributed by atoms with Gasteiger partial charge in [-0.2, -0.15) is 0 Å². The molecule has 2 aromatic carbocycles. The second-order valence-electron chi connectivity index (χ2n) is 8.54. The summed E-state index contributed by atoms with van der Waals surface area (Å²) in [6.07, 6.45) is 0.601. The first kappa shape index (κ1) is 22.5. The van der Waals surface area contributed by atoms with Crippen molar-refractivity contribution in [1.29, 1.82) is 0 Å². The van der Waals surface area contributed by atoms with Crippen molar-refractivity contribution in [1.82, 2.24) is 4.57 Å². The molecule has 2 aliphatic heterocycles. The topological polar surface area (TPSA) is 68.2 Å². The van der Waals surface area contributed by atoms with Crippen LogP contribution >= 0.6 is 0 Å². The Kier molecular flexibility index (Phi) is 6.56. The van der Waals surface area contributed by atoms with E-state index in [0.717, 1.165) is 34.4 Å². The predicted octanol–water partition coefficient (Wildman–Crippen LogP) is 3.76. The van der Waals surface area contributed by atoms with E-state index in [0.29, 0.717) is 56.8 Å². The van der Waals surface area contributed by atoms with Crippen molar-refractivity contribution in [3.63, 3.8) is 0 Å². The van der Waals surface area contributed by atoms with Gasteiger partial charge in [0.1, 0.15) is 25.1 Å². The van der Waals surface area contributed by atoms with Gasteiger partial charge in [0.25, 0.3) is 5.56 Å². The standard InChI is InChI=1S/C27H29NO6/c1-18-23(34-17-21-16-31-10-11-32-21)14-26(29)28-9-8-20-12-25(24(30-2)13-22(20)27(18)28)33-15-19-6-4-3-5-7-19/h3-7,12-14,21H,8-11,15-17H2,1-2H3. The molecule has 5 rings (SSSR count). The lowest BCUT2D eigenvalue weighted by Crippen LogP contribution is -2.34. The Balaban J connectivity index is 1.45. The quantitative estimate of drug-likeness (QED) is 0.532. The molecule has 0 radical (unpaired) electrons. The van der Waals surface area contributed by atoms with E-state index < -0.39 is 0 Å². The van der Waals surface area contributed by atoms with Gasteiger partial charge in [-0.3, -0.25) is 4.79 Å². The number of rotatable bonds is 7. The van der Waals surface area contributed by atoms with E-state index in [1.54, 1.807) is 13.2 Å². The summed E-state index contributed by atoms with van der Waals surface area (Å²) in [6, 6.07) is 15.6. The number of ether oxygens (including phenoxy) is 5. The SMILES string of the molecule is COc1cc2c(cc1OCc1ccccc1)CCn1c-2c(C)c(OCC2COCCO2)cc1=O. The molecule has 1 fully saturated rings. The molecule has 1 aromatic heterocycles. The van der Waals surface area contributed by atoms with Gasteiger partial charge in [0.15, 0.2) is 11.5 Å². The van der Waals surface area contributed by atoms with E-state index in [1.165, 1.54) is 0 Å². The van der Waals surface area contributed by atoms with Crippen LogP contribution in [0.2, 0.25) is 0 Å². The van der Waals surface area contributed by atoms with Crippen molar-refractivity contribution in [3.05, 3.63) is 75.6 Å². The summed E-state index contributed by atoms with van der Waals surface area (Å²) in [5.41, 5.74) is 4.87. The normalized spacial score (nSPS) is 16.9. The van der Waals surface area contributed by atoms with Gasteiger partial charge in [0, 0.05) is 23.7 Å². The Labute approximate surface area is 198 Å². The summed E-state index contributed by atoms with van der Waals surface area (Å²) in [4.78, 5) is 12.9. The Hall–Kier alpha value is -3.29. The van der Waals surface area contributed by atoms with Crippen LogP contribution in [-0.2, 0) is 29.0 Å². The molecule has 0 aliphatic carbocycles. The molecule has 0 N–H and O–H groups in total. The van der Waals surface area contributed by atoms with Crippen LogP contribution in [0.3, 0.4) is 0 Å². The zero-order chi connectivity index (χ0) is 23.5. The van der Waals surface area contributed by atoms with Crippen molar-refractivity contribution < 1.29 is 23.7 Å². The fraction of sp³-hybridized carbons (Fsp3) is 0.370. The highest BCUT2D eigenvalue weighted by Gasteiger charge is 2.25. The molecule has 1 atom stereocenters. The molecular formula is C27H29NO6. The van der Waals surface area contributed by atoms with E-state index in [1.807, 2.05) is 54.0 Å². The van der Waals surface area contributed by atoms with Crippen LogP contribution in [-0.4, -0.2) is 44.2 Å². The summed E-state index contributed by atoms with van der Waals surface area (Å²) in [5.74, 6) is 1.90. The summed E-state index contributed by atoms with van der Waals surface area (Å²) in [5, 5.41) is 0. The highest BCUT2D eigenvalue weighted by atomic mass is 16.6. The molecule has 2 aliphatic rings. The van der Waals surface area contributed by atoms with Gasteiger partial charge in [-0.05, 0) is 36.6 Å².